The molecule has 0 radical (unpaired) electrons. The van der Waals surface area contributed by atoms with E-state index >= 15 is 0 Å². The molecule has 0 bridgehead atoms. The van der Waals surface area contributed by atoms with Crippen LogP contribution >= 0.6 is 0 Å². The van der Waals surface area contributed by atoms with Crippen LogP contribution in [0.4, 0.5) is 5.82 Å². The Morgan fingerprint density at radius 2 is 2.47 bits per heavy atom. The lowest BCUT2D eigenvalue weighted by Crippen LogP contribution is -2.23. The Hall–Kier alpha value is -1.03. The second-order valence-electron chi connectivity index (χ2n) is 4.25. The summed E-state index contributed by atoms with van der Waals surface area (Å²) in [6.45, 7) is 7.25. The second kappa shape index (κ2) is 4.66. The maximum atomic E-state index is 5.28. The van der Waals surface area contributed by atoms with Gasteiger partial charge in [-0.25, -0.2) is 0 Å². The Morgan fingerprint density at radius 1 is 1.60 bits per heavy atom. The third-order valence-electron chi connectivity index (χ3n) is 3.02. The van der Waals surface area contributed by atoms with E-state index in [9.17, 15) is 0 Å². The average Bonchev–Trinajstić information content (AvgIpc) is 2.69. The second-order valence-corrected chi connectivity index (χ2v) is 4.25. The summed E-state index contributed by atoms with van der Waals surface area (Å²) >= 11 is 0. The molecule has 0 amide bonds. The first-order valence-corrected chi connectivity index (χ1v) is 5.73. The highest BCUT2D eigenvalue weighted by atomic mass is 16.5. The third kappa shape index (κ3) is 2.31. The van der Waals surface area contributed by atoms with Crippen LogP contribution < -0.4 is 10.6 Å². The van der Waals surface area contributed by atoms with E-state index in [2.05, 4.69) is 29.6 Å². The number of fused-ring (bicyclic) bond motifs is 1. The van der Waals surface area contributed by atoms with Gasteiger partial charge in [0.05, 0.1) is 6.54 Å². The van der Waals surface area contributed by atoms with Gasteiger partial charge in [-0.1, -0.05) is 25.4 Å². The summed E-state index contributed by atoms with van der Waals surface area (Å²) in [7, 11) is 0. The van der Waals surface area contributed by atoms with Crippen molar-refractivity contribution < 1.29 is 4.52 Å². The number of hydrogen-bond acceptors (Lipinski definition) is 4. The molecule has 4 nitrogen and oxygen atoms in total. The van der Waals surface area contributed by atoms with Crippen molar-refractivity contribution >= 4 is 5.82 Å². The van der Waals surface area contributed by atoms with Crippen LogP contribution in [-0.4, -0.2) is 18.2 Å². The number of hydrogen-bond donors (Lipinski definition) is 2. The van der Waals surface area contributed by atoms with Crippen molar-refractivity contribution in [1.82, 2.24) is 10.5 Å². The van der Waals surface area contributed by atoms with Gasteiger partial charge in [0.2, 0.25) is 0 Å². The van der Waals surface area contributed by atoms with Crippen molar-refractivity contribution in [3.05, 3.63) is 11.3 Å². The number of nitrogens with one attached hydrogen (secondary N) is 2. The van der Waals surface area contributed by atoms with Gasteiger partial charge in [0.25, 0.3) is 0 Å². The Bertz CT molecular complexity index is 322. The zero-order valence-electron chi connectivity index (χ0n) is 9.47. The van der Waals surface area contributed by atoms with Crippen LogP contribution in [-0.2, 0) is 13.0 Å². The Balaban J connectivity index is 1.99. The molecule has 0 aliphatic carbocycles. The Labute approximate surface area is 90.4 Å². The van der Waals surface area contributed by atoms with Crippen molar-refractivity contribution in [2.75, 3.05) is 18.4 Å². The number of rotatable bonds is 4. The summed E-state index contributed by atoms with van der Waals surface area (Å²) in [5, 5.41) is 10.7. The van der Waals surface area contributed by atoms with E-state index in [4.69, 9.17) is 4.52 Å². The lowest BCUT2D eigenvalue weighted by molar-refractivity contribution is 0.367. The first-order valence-electron chi connectivity index (χ1n) is 5.73. The van der Waals surface area contributed by atoms with Crippen LogP contribution in [0.5, 0.6) is 0 Å². The van der Waals surface area contributed by atoms with E-state index < -0.39 is 0 Å². The van der Waals surface area contributed by atoms with Crippen molar-refractivity contribution in [2.24, 2.45) is 5.92 Å². The maximum Gasteiger partial charge on any atom is 0.172 e. The van der Waals surface area contributed by atoms with Gasteiger partial charge in [0.1, 0.15) is 0 Å². The molecular formula is C11H19N3O. The molecule has 15 heavy (non-hydrogen) atoms. The van der Waals surface area contributed by atoms with Crippen LogP contribution in [0.15, 0.2) is 4.52 Å². The molecule has 1 aromatic heterocycles. The molecule has 0 spiro atoms. The standard InChI is InChI=1S/C11H19N3O/c1-3-8(2)6-13-11-9-4-5-12-7-10(9)15-14-11/h8,12H,3-7H2,1-2H3,(H,13,14). The number of nitrogens with zero attached hydrogens (tertiary/aromatic N) is 1. The van der Waals surface area contributed by atoms with Gasteiger partial charge in [0, 0.05) is 12.1 Å². The fourth-order valence-electron chi connectivity index (χ4n) is 1.71. The van der Waals surface area contributed by atoms with Gasteiger partial charge < -0.3 is 15.2 Å². The van der Waals surface area contributed by atoms with Gasteiger partial charge in [-0.15, -0.1) is 0 Å². The first kappa shape index (κ1) is 10.5. The lowest BCUT2D eigenvalue weighted by atomic mass is 10.1. The molecule has 84 valence electrons. The molecule has 0 saturated heterocycles. The van der Waals surface area contributed by atoms with E-state index in [1.54, 1.807) is 0 Å². The molecule has 1 aliphatic heterocycles. The maximum absolute atomic E-state index is 5.28. The smallest absolute Gasteiger partial charge is 0.172 e. The predicted molar refractivity (Wildman–Crippen MR) is 59.9 cm³/mol. The molecule has 4 heteroatoms. The Kier molecular flexibility index (Phi) is 3.26. The molecule has 1 unspecified atom stereocenters. The van der Waals surface area contributed by atoms with Gasteiger partial charge >= 0.3 is 0 Å². The van der Waals surface area contributed by atoms with E-state index in [1.165, 1.54) is 12.0 Å². The molecule has 1 aromatic rings. The average molecular weight is 209 g/mol. The minimum Gasteiger partial charge on any atom is -0.367 e. The molecule has 1 aliphatic rings. The van der Waals surface area contributed by atoms with Crippen LogP contribution in [0.3, 0.4) is 0 Å². The molecule has 2 N–H and O–H groups in total. The zero-order chi connectivity index (χ0) is 10.7. The summed E-state index contributed by atoms with van der Waals surface area (Å²) in [5.41, 5.74) is 1.26. The number of anilines is 1. The summed E-state index contributed by atoms with van der Waals surface area (Å²) < 4.78 is 5.28. The fourth-order valence-corrected chi connectivity index (χ4v) is 1.71. The highest BCUT2D eigenvalue weighted by Gasteiger charge is 2.18. The highest BCUT2D eigenvalue weighted by Crippen LogP contribution is 2.22. The molecule has 0 fully saturated rings. The van der Waals surface area contributed by atoms with Gasteiger partial charge in [-0.05, 0) is 18.9 Å². The third-order valence-corrected chi connectivity index (χ3v) is 3.02. The summed E-state index contributed by atoms with van der Waals surface area (Å²) in [5.74, 6) is 2.62. The van der Waals surface area contributed by atoms with Crippen LogP contribution in [0.25, 0.3) is 0 Å². The molecule has 0 saturated carbocycles. The summed E-state index contributed by atoms with van der Waals surface area (Å²) in [4.78, 5) is 0. The molecule has 2 heterocycles. The van der Waals surface area contributed by atoms with Crippen LogP contribution in [0, 0.1) is 5.92 Å². The van der Waals surface area contributed by atoms with Crippen LogP contribution in [0.2, 0.25) is 0 Å². The van der Waals surface area contributed by atoms with Gasteiger partial charge in [-0.2, -0.15) is 0 Å². The minimum atomic E-state index is 0.680. The molecule has 2 rings (SSSR count). The van der Waals surface area contributed by atoms with Crippen LogP contribution in [0.1, 0.15) is 31.6 Å². The zero-order valence-corrected chi connectivity index (χ0v) is 9.47. The first-order chi connectivity index (χ1) is 7.31. The predicted octanol–water partition coefficient (Wildman–Crippen LogP) is 1.78. The van der Waals surface area contributed by atoms with Gasteiger partial charge in [0.15, 0.2) is 11.6 Å². The quantitative estimate of drug-likeness (QED) is 0.793. The number of aromatic nitrogens is 1. The topological polar surface area (TPSA) is 50.1 Å². The fraction of sp³-hybridized carbons (Fsp3) is 0.727. The lowest BCUT2D eigenvalue weighted by Gasteiger charge is -2.13. The largest absolute Gasteiger partial charge is 0.367 e. The summed E-state index contributed by atoms with van der Waals surface area (Å²) in [6.07, 6.45) is 2.20. The van der Waals surface area contributed by atoms with Crippen molar-refractivity contribution in [2.45, 2.75) is 33.2 Å². The molecular weight excluding hydrogens is 190 g/mol. The monoisotopic (exact) mass is 209 g/mol. The Morgan fingerprint density at radius 3 is 3.27 bits per heavy atom. The van der Waals surface area contributed by atoms with E-state index in [0.29, 0.717) is 5.92 Å². The summed E-state index contributed by atoms with van der Waals surface area (Å²) in [6, 6.07) is 0. The van der Waals surface area contributed by atoms with E-state index in [-0.39, 0.29) is 0 Å². The molecule has 0 aromatic carbocycles. The minimum absolute atomic E-state index is 0.680. The van der Waals surface area contributed by atoms with E-state index in [0.717, 1.165) is 37.6 Å². The van der Waals surface area contributed by atoms with Crippen molar-refractivity contribution in [1.29, 1.82) is 0 Å². The van der Waals surface area contributed by atoms with Gasteiger partial charge in [-0.3, -0.25) is 0 Å². The van der Waals surface area contributed by atoms with Crippen molar-refractivity contribution in [3.8, 4) is 0 Å². The normalized spacial score (nSPS) is 17.2. The highest BCUT2D eigenvalue weighted by molar-refractivity contribution is 5.46. The molecule has 1 atom stereocenters. The SMILES string of the molecule is CCC(C)CNc1noc2c1CCNC2. The van der Waals surface area contributed by atoms with Crippen molar-refractivity contribution in [3.63, 3.8) is 0 Å². The van der Waals surface area contributed by atoms with E-state index in [1.807, 2.05) is 0 Å².